The van der Waals surface area contributed by atoms with Gasteiger partial charge < -0.3 is 5.32 Å². The highest BCUT2D eigenvalue weighted by molar-refractivity contribution is 9.10. The summed E-state index contributed by atoms with van der Waals surface area (Å²) in [5.74, 6) is -0.182. The molecule has 5 nitrogen and oxygen atoms in total. The van der Waals surface area contributed by atoms with Crippen molar-refractivity contribution < 1.29 is 4.79 Å². The number of carbonyl (C=O) groups excluding carboxylic acids is 1. The minimum atomic E-state index is -0.182. The van der Waals surface area contributed by atoms with Crippen LogP contribution in [0.3, 0.4) is 0 Å². The van der Waals surface area contributed by atoms with Crippen molar-refractivity contribution in [3.8, 4) is 0 Å². The number of amides is 1. The summed E-state index contributed by atoms with van der Waals surface area (Å²) in [7, 11) is 0. The molecule has 7 heteroatoms. The summed E-state index contributed by atoms with van der Waals surface area (Å²) in [6, 6.07) is 5.15. The Balaban J connectivity index is 2.03. The van der Waals surface area contributed by atoms with E-state index in [-0.39, 0.29) is 12.5 Å². The van der Waals surface area contributed by atoms with Crippen LogP contribution in [-0.4, -0.2) is 20.7 Å². The summed E-state index contributed by atoms with van der Waals surface area (Å²) >= 11 is 9.12. The molecule has 1 aromatic carbocycles. The van der Waals surface area contributed by atoms with E-state index in [1.54, 1.807) is 18.2 Å². The van der Waals surface area contributed by atoms with Gasteiger partial charge in [0.2, 0.25) is 5.91 Å². The first-order chi connectivity index (χ1) is 8.15. The van der Waals surface area contributed by atoms with Crippen molar-refractivity contribution in [3.63, 3.8) is 0 Å². The van der Waals surface area contributed by atoms with Crippen molar-refractivity contribution in [3.05, 3.63) is 40.3 Å². The third-order valence-corrected chi connectivity index (χ3v) is 2.87. The first-order valence-corrected chi connectivity index (χ1v) is 5.89. The van der Waals surface area contributed by atoms with Gasteiger partial charge in [0.05, 0.1) is 5.69 Å². The first kappa shape index (κ1) is 12.1. The molecule has 88 valence electrons. The molecule has 0 spiro atoms. The fraction of sp³-hybridized carbons (Fsp3) is 0.100. The van der Waals surface area contributed by atoms with Crippen LogP contribution in [0, 0.1) is 0 Å². The van der Waals surface area contributed by atoms with Crippen LogP contribution in [0.15, 0.2) is 35.3 Å². The lowest BCUT2D eigenvalue weighted by Crippen LogP contribution is -2.19. The van der Waals surface area contributed by atoms with Gasteiger partial charge in [-0.15, -0.1) is 0 Å². The van der Waals surface area contributed by atoms with Gasteiger partial charge >= 0.3 is 0 Å². The molecule has 0 radical (unpaired) electrons. The van der Waals surface area contributed by atoms with Gasteiger partial charge in [-0.3, -0.25) is 4.79 Å². The Morgan fingerprint density at radius 2 is 2.35 bits per heavy atom. The molecule has 0 saturated heterocycles. The summed E-state index contributed by atoms with van der Waals surface area (Å²) in [6.07, 6.45) is 2.86. The van der Waals surface area contributed by atoms with E-state index in [4.69, 9.17) is 11.6 Å². The average Bonchev–Trinajstić information content (AvgIpc) is 2.75. The number of halogens is 2. The Labute approximate surface area is 111 Å². The second kappa shape index (κ2) is 5.29. The fourth-order valence-corrected chi connectivity index (χ4v) is 2.02. The molecule has 0 aliphatic carbocycles. The number of rotatable bonds is 3. The van der Waals surface area contributed by atoms with Crippen molar-refractivity contribution in [2.45, 2.75) is 6.54 Å². The summed E-state index contributed by atoms with van der Waals surface area (Å²) < 4.78 is 2.18. The van der Waals surface area contributed by atoms with Crippen molar-refractivity contribution in [1.29, 1.82) is 0 Å². The molecular formula is C10H8BrClN4O. The maximum Gasteiger partial charge on any atom is 0.246 e. The van der Waals surface area contributed by atoms with Crippen LogP contribution < -0.4 is 5.32 Å². The molecule has 0 saturated carbocycles. The van der Waals surface area contributed by atoms with E-state index >= 15 is 0 Å². The van der Waals surface area contributed by atoms with Crippen LogP contribution in [-0.2, 0) is 11.3 Å². The van der Waals surface area contributed by atoms with E-state index in [1.807, 2.05) is 0 Å². The smallest absolute Gasteiger partial charge is 0.246 e. The summed E-state index contributed by atoms with van der Waals surface area (Å²) in [6.45, 7) is 0.120. The van der Waals surface area contributed by atoms with Crippen LogP contribution in [0.25, 0.3) is 0 Å². The third-order valence-electron chi connectivity index (χ3n) is 1.98. The highest BCUT2D eigenvalue weighted by Crippen LogP contribution is 2.25. The van der Waals surface area contributed by atoms with Gasteiger partial charge in [0.15, 0.2) is 0 Å². The van der Waals surface area contributed by atoms with Crippen molar-refractivity contribution in [1.82, 2.24) is 14.8 Å². The van der Waals surface area contributed by atoms with Crippen LogP contribution in [0.1, 0.15) is 0 Å². The number of hydrogen-bond donors (Lipinski definition) is 1. The molecule has 0 unspecified atom stereocenters. The number of benzene rings is 1. The minimum Gasteiger partial charge on any atom is -0.323 e. The lowest BCUT2D eigenvalue weighted by Gasteiger charge is -2.07. The molecule has 0 bridgehead atoms. The zero-order chi connectivity index (χ0) is 12.3. The van der Waals surface area contributed by atoms with Gasteiger partial charge in [0.1, 0.15) is 19.2 Å². The van der Waals surface area contributed by atoms with E-state index in [0.717, 1.165) is 4.47 Å². The van der Waals surface area contributed by atoms with Crippen molar-refractivity contribution >= 4 is 39.1 Å². The predicted molar refractivity (Wildman–Crippen MR) is 67.8 cm³/mol. The van der Waals surface area contributed by atoms with E-state index < -0.39 is 0 Å². The van der Waals surface area contributed by atoms with E-state index in [1.165, 1.54) is 17.3 Å². The molecule has 0 aliphatic heterocycles. The lowest BCUT2D eigenvalue weighted by atomic mass is 10.3. The summed E-state index contributed by atoms with van der Waals surface area (Å²) in [4.78, 5) is 15.4. The minimum absolute atomic E-state index is 0.120. The highest BCUT2D eigenvalue weighted by Gasteiger charge is 2.06. The molecule has 2 rings (SSSR count). The van der Waals surface area contributed by atoms with Gasteiger partial charge in [0.25, 0.3) is 0 Å². The number of carbonyl (C=O) groups is 1. The van der Waals surface area contributed by atoms with Crippen LogP contribution in [0.5, 0.6) is 0 Å². The normalized spacial score (nSPS) is 10.2. The Bertz CT molecular complexity index is 529. The summed E-state index contributed by atoms with van der Waals surface area (Å²) in [5.41, 5.74) is 0.666. The van der Waals surface area contributed by atoms with Crippen LogP contribution in [0.2, 0.25) is 5.02 Å². The molecule has 1 amide bonds. The second-order valence-electron chi connectivity index (χ2n) is 3.27. The van der Waals surface area contributed by atoms with Gasteiger partial charge in [0, 0.05) is 9.50 Å². The molecule has 17 heavy (non-hydrogen) atoms. The lowest BCUT2D eigenvalue weighted by molar-refractivity contribution is -0.116. The van der Waals surface area contributed by atoms with Crippen LogP contribution in [0.4, 0.5) is 5.69 Å². The van der Waals surface area contributed by atoms with E-state index in [0.29, 0.717) is 10.7 Å². The van der Waals surface area contributed by atoms with Gasteiger partial charge in [-0.1, -0.05) is 11.6 Å². The topological polar surface area (TPSA) is 59.8 Å². The number of nitrogens with one attached hydrogen (secondary N) is 1. The number of hydrogen-bond acceptors (Lipinski definition) is 3. The number of nitrogens with zero attached hydrogens (tertiary/aromatic N) is 3. The summed E-state index contributed by atoms with van der Waals surface area (Å²) in [5, 5.41) is 7.19. The highest BCUT2D eigenvalue weighted by atomic mass is 79.9. The SMILES string of the molecule is O=C(Cn1cncn1)Nc1ccc(Cl)cc1Br. The number of anilines is 1. The first-order valence-electron chi connectivity index (χ1n) is 4.72. The second-order valence-corrected chi connectivity index (χ2v) is 4.56. The Hall–Kier alpha value is -1.40. The Morgan fingerprint density at radius 1 is 1.53 bits per heavy atom. The predicted octanol–water partition coefficient (Wildman–Crippen LogP) is 2.33. The molecular weight excluding hydrogens is 307 g/mol. The molecule has 0 fully saturated rings. The maximum atomic E-state index is 11.7. The molecule has 0 atom stereocenters. The maximum absolute atomic E-state index is 11.7. The van der Waals surface area contributed by atoms with Gasteiger partial charge in [-0.05, 0) is 34.1 Å². The van der Waals surface area contributed by atoms with Crippen LogP contribution >= 0.6 is 27.5 Å². The molecule has 1 aromatic heterocycles. The standard InChI is InChI=1S/C10H8BrClN4O/c11-8-3-7(12)1-2-9(8)15-10(17)4-16-6-13-5-14-16/h1-3,5-6H,4H2,(H,15,17). The number of aromatic nitrogens is 3. The van der Waals surface area contributed by atoms with Crippen molar-refractivity contribution in [2.24, 2.45) is 0 Å². The van der Waals surface area contributed by atoms with Gasteiger partial charge in [-0.2, -0.15) is 5.10 Å². The molecule has 1 N–H and O–H groups in total. The fourth-order valence-electron chi connectivity index (χ4n) is 1.24. The molecule has 1 heterocycles. The Morgan fingerprint density at radius 3 is 3.00 bits per heavy atom. The molecule has 2 aromatic rings. The zero-order valence-corrected chi connectivity index (χ0v) is 10.9. The zero-order valence-electron chi connectivity index (χ0n) is 8.60. The molecule has 0 aliphatic rings. The van der Waals surface area contributed by atoms with Crippen molar-refractivity contribution in [2.75, 3.05) is 5.32 Å². The van der Waals surface area contributed by atoms with E-state index in [2.05, 4.69) is 31.3 Å². The van der Waals surface area contributed by atoms with E-state index in [9.17, 15) is 4.79 Å². The average molecular weight is 316 g/mol. The third kappa shape index (κ3) is 3.28. The monoisotopic (exact) mass is 314 g/mol. The van der Waals surface area contributed by atoms with Gasteiger partial charge in [-0.25, -0.2) is 9.67 Å². The Kier molecular flexibility index (Phi) is 3.75. The largest absolute Gasteiger partial charge is 0.323 e. The quantitative estimate of drug-likeness (QED) is 0.945.